The molecular weight excluding hydrogens is 229 g/mol. The summed E-state index contributed by atoms with van der Waals surface area (Å²) in [4.78, 5) is 0. The molecule has 1 N–H and O–H groups in total. The molecule has 0 saturated carbocycles. The molecule has 0 amide bonds. The molecule has 0 aliphatic carbocycles. The van der Waals surface area contributed by atoms with E-state index in [0.717, 1.165) is 31.5 Å². The Bertz CT molecular complexity index is 381. The van der Waals surface area contributed by atoms with Crippen molar-refractivity contribution in [3.63, 3.8) is 0 Å². The minimum Gasteiger partial charge on any atom is -0.486 e. The van der Waals surface area contributed by atoms with E-state index in [9.17, 15) is 4.39 Å². The smallest absolute Gasteiger partial charge is 0.126 e. The van der Waals surface area contributed by atoms with E-state index in [2.05, 4.69) is 26.1 Å². The third-order valence-corrected chi connectivity index (χ3v) is 3.18. The monoisotopic (exact) mass is 253 g/mol. The van der Waals surface area contributed by atoms with E-state index in [4.69, 9.17) is 4.74 Å². The number of nitrogens with one attached hydrogen (secondary N) is 1. The van der Waals surface area contributed by atoms with Gasteiger partial charge < -0.3 is 10.1 Å². The van der Waals surface area contributed by atoms with E-state index in [1.165, 1.54) is 12.1 Å². The number of hydrogen-bond donors (Lipinski definition) is 1. The highest BCUT2D eigenvalue weighted by Gasteiger charge is 2.24. The molecule has 2 nitrogen and oxygen atoms in total. The first-order valence-corrected chi connectivity index (χ1v) is 6.66. The number of halogens is 1. The van der Waals surface area contributed by atoms with E-state index in [1.54, 1.807) is 6.07 Å². The molecule has 1 aromatic rings. The molecule has 102 valence electrons. The highest BCUT2D eigenvalue weighted by atomic mass is 19.1. The Kier molecular flexibility index (Phi) is 5.60. The van der Waals surface area contributed by atoms with Gasteiger partial charge in [-0.15, -0.1) is 0 Å². The van der Waals surface area contributed by atoms with Crippen LogP contribution in [-0.2, 0) is 0 Å². The second kappa shape index (κ2) is 6.74. The van der Waals surface area contributed by atoms with Gasteiger partial charge in [0.2, 0.25) is 0 Å². The normalized spacial score (nSPS) is 14.3. The van der Waals surface area contributed by atoms with E-state index in [-0.39, 0.29) is 11.4 Å². The summed E-state index contributed by atoms with van der Waals surface area (Å²) in [6.07, 6.45) is 1.97. The molecule has 1 atom stereocenters. The van der Waals surface area contributed by atoms with Crippen LogP contribution in [0.25, 0.3) is 0 Å². The Balaban J connectivity index is 2.74. The molecule has 3 heteroatoms. The van der Waals surface area contributed by atoms with Crippen LogP contribution in [-0.4, -0.2) is 18.7 Å². The first-order valence-electron chi connectivity index (χ1n) is 6.66. The predicted octanol–water partition coefficient (Wildman–Crippen LogP) is 3.68. The van der Waals surface area contributed by atoms with Gasteiger partial charge in [0.25, 0.3) is 0 Å². The van der Waals surface area contributed by atoms with E-state index in [1.807, 2.05) is 6.92 Å². The van der Waals surface area contributed by atoms with Crippen molar-refractivity contribution in [3.8, 4) is 5.75 Å². The highest BCUT2D eigenvalue weighted by Crippen LogP contribution is 2.25. The summed E-state index contributed by atoms with van der Waals surface area (Å²) in [7, 11) is 0. The van der Waals surface area contributed by atoms with Crippen LogP contribution in [0.1, 0.15) is 39.2 Å². The van der Waals surface area contributed by atoms with Crippen LogP contribution in [0.3, 0.4) is 0 Å². The van der Waals surface area contributed by atoms with Crippen LogP contribution in [0.4, 0.5) is 4.39 Å². The van der Waals surface area contributed by atoms with Gasteiger partial charge in [-0.05, 0) is 44.9 Å². The summed E-state index contributed by atoms with van der Waals surface area (Å²) >= 11 is 0. The maximum absolute atomic E-state index is 13.2. The van der Waals surface area contributed by atoms with Crippen LogP contribution in [0.5, 0.6) is 5.75 Å². The molecule has 0 spiro atoms. The second-order valence-electron chi connectivity index (χ2n) is 4.99. The van der Waals surface area contributed by atoms with Crippen LogP contribution < -0.4 is 10.1 Å². The van der Waals surface area contributed by atoms with Gasteiger partial charge in [0.05, 0.1) is 0 Å². The topological polar surface area (TPSA) is 21.3 Å². The van der Waals surface area contributed by atoms with Gasteiger partial charge >= 0.3 is 0 Å². The molecule has 0 saturated heterocycles. The number of benzene rings is 1. The molecule has 18 heavy (non-hydrogen) atoms. The van der Waals surface area contributed by atoms with Gasteiger partial charge in [-0.1, -0.05) is 19.9 Å². The highest BCUT2D eigenvalue weighted by molar-refractivity contribution is 5.33. The van der Waals surface area contributed by atoms with Gasteiger partial charge in [-0.2, -0.15) is 0 Å². The van der Waals surface area contributed by atoms with Gasteiger partial charge in [-0.25, -0.2) is 4.39 Å². The molecule has 0 heterocycles. The van der Waals surface area contributed by atoms with Crippen molar-refractivity contribution in [2.24, 2.45) is 0 Å². The van der Waals surface area contributed by atoms with Crippen molar-refractivity contribution in [1.82, 2.24) is 5.32 Å². The summed E-state index contributed by atoms with van der Waals surface area (Å²) < 4.78 is 19.2. The van der Waals surface area contributed by atoms with Crippen molar-refractivity contribution in [2.75, 3.05) is 13.1 Å². The second-order valence-corrected chi connectivity index (χ2v) is 4.99. The zero-order valence-electron chi connectivity index (χ0n) is 11.8. The fourth-order valence-corrected chi connectivity index (χ4v) is 1.71. The molecule has 0 aliphatic rings. The lowest BCUT2D eigenvalue weighted by molar-refractivity contribution is 0.0825. The summed E-state index contributed by atoms with van der Waals surface area (Å²) in [5.41, 5.74) is 0.667. The maximum Gasteiger partial charge on any atom is 0.126 e. The Morgan fingerprint density at radius 3 is 2.67 bits per heavy atom. The third-order valence-electron chi connectivity index (χ3n) is 3.18. The van der Waals surface area contributed by atoms with Gasteiger partial charge in [-0.3, -0.25) is 0 Å². The molecule has 0 fully saturated rings. The zero-order valence-corrected chi connectivity index (χ0v) is 11.8. The number of ether oxygens (including phenoxy) is 1. The van der Waals surface area contributed by atoms with Gasteiger partial charge in [0, 0.05) is 12.6 Å². The number of hydrogen-bond acceptors (Lipinski definition) is 2. The fourth-order valence-electron chi connectivity index (χ4n) is 1.71. The molecule has 0 radical (unpaired) electrons. The maximum atomic E-state index is 13.2. The predicted molar refractivity (Wildman–Crippen MR) is 73.6 cm³/mol. The van der Waals surface area contributed by atoms with Crippen LogP contribution in [0.15, 0.2) is 18.2 Å². The lowest BCUT2D eigenvalue weighted by Gasteiger charge is -2.30. The molecule has 1 unspecified atom stereocenters. The molecule has 0 aliphatic heterocycles. The first kappa shape index (κ1) is 15.0. The average Bonchev–Trinajstić information content (AvgIpc) is 2.34. The van der Waals surface area contributed by atoms with Crippen molar-refractivity contribution >= 4 is 0 Å². The summed E-state index contributed by atoms with van der Waals surface area (Å²) in [5, 5.41) is 3.36. The zero-order chi connectivity index (χ0) is 13.6. The average molecular weight is 253 g/mol. The molecule has 0 bridgehead atoms. The van der Waals surface area contributed by atoms with E-state index in [0.29, 0.717) is 5.75 Å². The van der Waals surface area contributed by atoms with E-state index < -0.39 is 0 Å². The molecule has 1 aromatic carbocycles. The van der Waals surface area contributed by atoms with Crippen molar-refractivity contribution < 1.29 is 9.13 Å². The van der Waals surface area contributed by atoms with Gasteiger partial charge in [0.15, 0.2) is 0 Å². The molecule has 1 rings (SSSR count). The van der Waals surface area contributed by atoms with Crippen LogP contribution in [0.2, 0.25) is 0 Å². The first-order chi connectivity index (χ1) is 8.50. The van der Waals surface area contributed by atoms with Crippen molar-refractivity contribution in [1.29, 1.82) is 0 Å². The number of rotatable bonds is 7. The molecular formula is C15H24FNO. The number of aryl methyl sites for hydroxylation is 1. The van der Waals surface area contributed by atoms with E-state index >= 15 is 0 Å². The van der Waals surface area contributed by atoms with Crippen molar-refractivity contribution in [3.05, 3.63) is 29.6 Å². The Labute approximate surface area is 110 Å². The minimum atomic E-state index is -0.298. The molecule has 0 aromatic heterocycles. The Hall–Kier alpha value is -1.09. The largest absolute Gasteiger partial charge is 0.486 e. The van der Waals surface area contributed by atoms with Crippen LogP contribution >= 0.6 is 0 Å². The SMILES string of the molecule is CCCNCC(C)(CC)Oc1cc(F)ccc1C. The lowest BCUT2D eigenvalue weighted by Crippen LogP contribution is -2.43. The minimum absolute atomic E-state index is 0.254. The summed E-state index contributed by atoms with van der Waals surface area (Å²) in [6, 6.07) is 4.67. The summed E-state index contributed by atoms with van der Waals surface area (Å²) in [6.45, 7) is 9.95. The fraction of sp³-hybridized carbons (Fsp3) is 0.600. The van der Waals surface area contributed by atoms with Crippen LogP contribution in [0, 0.1) is 12.7 Å². The third kappa shape index (κ3) is 4.30. The van der Waals surface area contributed by atoms with Gasteiger partial charge in [0.1, 0.15) is 17.2 Å². The van der Waals surface area contributed by atoms with Crippen molar-refractivity contribution in [2.45, 2.75) is 46.1 Å². The standard InChI is InChI=1S/C15H24FNO/c1-5-9-17-11-15(4,6-2)18-14-10-13(16)8-7-12(14)3/h7-8,10,17H,5-6,9,11H2,1-4H3. The Morgan fingerprint density at radius 1 is 1.33 bits per heavy atom. The lowest BCUT2D eigenvalue weighted by atomic mass is 10.0. The quantitative estimate of drug-likeness (QED) is 0.748. The Morgan fingerprint density at radius 2 is 2.06 bits per heavy atom. The summed E-state index contributed by atoms with van der Waals surface area (Å²) in [5.74, 6) is 0.383.